The van der Waals surface area contributed by atoms with Gasteiger partial charge in [0.2, 0.25) is 7.41 Å². The molecule has 0 aromatic carbocycles. The minimum absolute atomic E-state index is 0.00385. The fourth-order valence-corrected chi connectivity index (χ4v) is 0.441. The molecule has 0 heterocycles. The lowest BCUT2D eigenvalue weighted by Gasteiger charge is -1.96. The van der Waals surface area contributed by atoms with Crippen LogP contribution in [0.2, 0.25) is 6.32 Å². The summed E-state index contributed by atoms with van der Waals surface area (Å²) in [6.45, 7) is 0.266. The highest BCUT2D eigenvalue weighted by molar-refractivity contribution is 6.37. The third-order valence-electron chi connectivity index (χ3n) is 0.904. The monoisotopic (exact) mass is 158 g/mol. The van der Waals surface area contributed by atoms with Gasteiger partial charge in [-0.3, -0.25) is 9.59 Å². The predicted molar refractivity (Wildman–Crippen MR) is 38.5 cm³/mol. The zero-order valence-electron chi connectivity index (χ0n) is 5.91. The van der Waals surface area contributed by atoms with Crippen molar-refractivity contribution in [3.63, 3.8) is 0 Å². The molecular weight excluding hydrogens is 149 g/mol. The molecule has 0 rings (SSSR count). The topological polar surface area (TPSA) is 86.6 Å². The number of carboxylic acid groups (broad SMARTS) is 2. The van der Waals surface area contributed by atoms with Gasteiger partial charge >= 0.3 is 5.97 Å². The number of rotatable bonds is 6. The Kier molecular flexibility index (Phi) is 5.19. The molecule has 0 spiro atoms. The molecule has 0 aromatic heterocycles. The van der Waals surface area contributed by atoms with Crippen LogP contribution in [0.5, 0.6) is 0 Å². The van der Waals surface area contributed by atoms with Gasteiger partial charge in [0.1, 0.15) is 0 Å². The largest absolute Gasteiger partial charge is 0.482 e. The van der Waals surface area contributed by atoms with Crippen molar-refractivity contribution in [2.24, 2.45) is 0 Å². The van der Waals surface area contributed by atoms with Crippen LogP contribution in [0.25, 0.3) is 0 Å². The average Bonchev–Trinajstić information content (AvgIpc) is 1.85. The number of hydrogen-bond donors (Lipinski definition) is 3. The molecule has 61 valence electrons. The minimum Gasteiger partial charge on any atom is -0.482 e. The Bertz CT molecular complexity index is 133. The molecule has 3 N–H and O–H groups in total. The van der Waals surface area contributed by atoms with Gasteiger partial charge in [-0.15, -0.1) is 0 Å². The second kappa shape index (κ2) is 5.73. The number of carbonyl (C=O) groups is 2. The minimum atomic E-state index is -0.937. The molecule has 5 nitrogen and oxygen atoms in total. The highest BCUT2D eigenvalue weighted by Gasteiger charge is 1.99. The number of aliphatic carboxylic acids is 2. The maximum absolute atomic E-state index is 9.93. The highest BCUT2D eigenvalue weighted by atomic mass is 16.4. The van der Waals surface area contributed by atoms with Gasteiger partial charge < -0.3 is 15.4 Å². The van der Waals surface area contributed by atoms with Crippen LogP contribution in [0.1, 0.15) is 6.42 Å². The lowest BCUT2D eigenvalue weighted by atomic mass is 9.89. The Labute approximate surface area is 64.7 Å². The Morgan fingerprint density at radius 2 is 1.91 bits per heavy atom. The van der Waals surface area contributed by atoms with Gasteiger partial charge in [-0.05, 0) is 6.54 Å². The van der Waals surface area contributed by atoms with Crippen LogP contribution >= 0.6 is 0 Å². The summed E-state index contributed by atoms with van der Waals surface area (Å²) in [5, 5.41) is 18.8. The first-order valence-electron chi connectivity index (χ1n) is 3.11. The van der Waals surface area contributed by atoms with Crippen molar-refractivity contribution in [3.8, 4) is 0 Å². The second-order valence-electron chi connectivity index (χ2n) is 1.90. The van der Waals surface area contributed by atoms with E-state index in [2.05, 4.69) is 5.23 Å². The summed E-state index contributed by atoms with van der Waals surface area (Å²) < 4.78 is 0. The summed E-state index contributed by atoms with van der Waals surface area (Å²) in [5.41, 5.74) is 0. The summed E-state index contributed by atoms with van der Waals surface area (Å²) in [5.74, 6) is -1.84. The smallest absolute Gasteiger partial charge is 0.304 e. The maximum atomic E-state index is 9.93. The molecule has 0 saturated carbocycles. The van der Waals surface area contributed by atoms with Crippen LogP contribution in [0.15, 0.2) is 0 Å². The third kappa shape index (κ3) is 8.96. The zero-order valence-corrected chi connectivity index (χ0v) is 5.91. The van der Waals surface area contributed by atoms with E-state index in [1.165, 1.54) is 7.41 Å². The van der Waals surface area contributed by atoms with E-state index in [9.17, 15) is 9.59 Å². The van der Waals surface area contributed by atoms with Gasteiger partial charge in [0, 0.05) is 6.32 Å². The van der Waals surface area contributed by atoms with Crippen LogP contribution in [0.3, 0.4) is 0 Å². The molecule has 0 aliphatic heterocycles. The van der Waals surface area contributed by atoms with Crippen molar-refractivity contribution in [1.82, 2.24) is 5.23 Å². The Balaban J connectivity index is 3.03. The maximum Gasteiger partial charge on any atom is 0.304 e. The van der Waals surface area contributed by atoms with Crippen molar-refractivity contribution in [1.29, 1.82) is 0 Å². The van der Waals surface area contributed by atoms with E-state index < -0.39 is 11.9 Å². The van der Waals surface area contributed by atoms with Crippen LogP contribution < -0.4 is 5.23 Å². The number of carboxylic acids is 2. The van der Waals surface area contributed by atoms with Crippen molar-refractivity contribution in [3.05, 3.63) is 0 Å². The van der Waals surface area contributed by atoms with Crippen molar-refractivity contribution in [2.75, 3.05) is 6.54 Å². The second-order valence-corrected chi connectivity index (χ2v) is 1.90. The molecule has 0 aliphatic rings. The first kappa shape index (κ1) is 9.96. The molecule has 1 radical (unpaired) electrons. The lowest BCUT2D eigenvalue weighted by molar-refractivity contribution is -0.137. The van der Waals surface area contributed by atoms with E-state index in [1.807, 2.05) is 0 Å². The first-order chi connectivity index (χ1) is 5.13. The first-order valence-corrected chi connectivity index (χ1v) is 3.11. The molecular formula is C5H9BNO4. The predicted octanol–water partition coefficient (Wildman–Crippen LogP) is -0.827. The van der Waals surface area contributed by atoms with Crippen LogP contribution in [-0.2, 0) is 9.59 Å². The molecule has 0 bridgehead atoms. The van der Waals surface area contributed by atoms with Gasteiger partial charge in [0.05, 0.1) is 6.42 Å². The summed E-state index contributed by atoms with van der Waals surface area (Å²) in [6.07, 6.45) is -0.101. The number of hydrogen-bond acceptors (Lipinski definition) is 3. The highest BCUT2D eigenvalue weighted by Crippen LogP contribution is 1.77. The van der Waals surface area contributed by atoms with E-state index in [1.54, 1.807) is 0 Å². The molecule has 0 fully saturated rings. The van der Waals surface area contributed by atoms with Gasteiger partial charge in [-0.25, -0.2) is 0 Å². The standard InChI is InChI=1S/C5H9BNO4/c8-4(9)1-2-7-6-3-5(10)11/h7H,1-3H2,(H,8,9)(H,10,11). The molecule has 0 aromatic rings. The van der Waals surface area contributed by atoms with Gasteiger partial charge in [-0.2, -0.15) is 0 Å². The molecule has 0 saturated heterocycles. The normalized spacial score (nSPS) is 9.09. The number of nitrogens with one attached hydrogen (secondary N) is 1. The summed E-state index contributed by atoms with van der Waals surface area (Å²) in [7, 11) is 1.32. The van der Waals surface area contributed by atoms with Gasteiger partial charge in [0.25, 0.3) is 5.97 Å². The quantitative estimate of drug-likeness (QED) is 0.347. The lowest BCUT2D eigenvalue weighted by Crippen LogP contribution is -2.24. The van der Waals surface area contributed by atoms with Crippen LogP contribution in [0, 0.1) is 0 Å². The molecule has 0 amide bonds. The van der Waals surface area contributed by atoms with Crippen LogP contribution in [0.4, 0.5) is 0 Å². The molecule has 0 atom stereocenters. The Morgan fingerprint density at radius 3 is 2.36 bits per heavy atom. The Morgan fingerprint density at radius 1 is 1.27 bits per heavy atom. The van der Waals surface area contributed by atoms with E-state index in [4.69, 9.17) is 10.2 Å². The van der Waals surface area contributed by atoms with Gasteiger partial charge in [0.15, 0.2) is 0 Å². The summed E-state index contributed by atoms with van der Waals surface area (Å²) >= 11 is 0. The summed E-state index contributed by atoms with van der Waals surface area (Å²) in [4.78, 5) is 19.8. The van der Waals surface area contributed by atoms with Crippen molar-refractivity contribution in [2.45, 2.75) is 12.7 Å². The molecule has 0 unspecified atom stereocenters. The van der Waals surface area contributed by atoms with Crippen molar-refractivity contribution >= 4 is 19.4 Å². The third-order valence-corrected chi connectivity index (χ3v) is 0.904. The van der Waals surface area contributed by atoms with E-state index in [0.717, 1.165) is 0 Å². The molecule has 0 aliphatic carbocycles. The van der Waals surface area contributed by atoms with Gasteiger partial charge in [-0.1, -0.05) is 0 Å². The zero-order chi connectivity index (χ0) is 8.69. The Hall–Kier alpha value is -1.04. The molecule has 6 heteroatoms. The average molecular weight is 158 g/mol. The van der Waals surface area contributed by atoms with E-state index >= 15 is 0 Å². The fraction of sp³-hybridized carbons (Fsp3) is 0.600. The fourth-order valence-electron chi connectivity index (χ4n) is 0.441. The molecule has 11 heavy (non-hydrogen) atoms. The summed E-state index contributed by atoms with van der Waals surface area (Å²) in [6, 6.07) is 0. The van der Waals surface area contributed by atoms with E-state index in [0.29, 0.717) is 0 Å². The SMILES string of the molecule is O=C(O)C[B]NCCC(=O)O. The van der Waals surface area contributed by atoms with Crippen molar-refractivity contribution < 1.29 is 19.8 Å². The van der Waals surface area contributed by atoms with E-state index in [-0.39, 0.29) is 19.3 Å². The van der Waals surface area contributed by atoms with Crippen LogP contribution in [-0.4, -0.2) is 36.1 Å².